The highest BCUT2D eigenvalue weighted by Gasteiger charge is 2.41. The standard InChI is InChI=1S/C27H47NO/c1-24(2,21-28)16-12-13-17-26(5,6)27(7,8)20-23(25(3,4)18-19-29)22-14-10-9-11-15-22/h9-15,23,29H,16-21,28H2,1-8H3/b13-12+. The molecule has 0 spiro atoms. The lowest BCUT2D eigenvalue weighted by Crippen LogP contribution is -2.37. The van der Waals surface area contributed by atoms with Crippen LogP contribution in [0.5, 0.6) is 0 Å². The number of aliphatic hydroxyl groups is 1. The van der Waals surface area contributed by atoms with E-state index >= 15 is 0 Å². The summed E-state index contributed by atoms with van der Waals surface area (Å²) in [5.74, 6) is 0.408. The average molecular weight is 402 g/mol. The zero-order valence-corrected chi connectivity index (χ0v) is 20.4. The van der Waals surface area contributed by atoms with E-state index in [0.29, 0.717) is 12.5 Å². The Bertz CT molecular complexity index is 625. The van der Waals surface area contributed by atoms with E-state index in [9.17, 15) is 5.11 Å². The van der Waals surface area contributed by atoms with Crippen molar-refractivity contribution >= 4 is 0 Å². The first-order valence-electron chi connectivity index (χ1n) is 11.3. The molecular formula is C27H47NO. The Labute approximate surface area is 181 Å². The van der Waals surface area contributed by atoms with Gasteiger partial charge in [-0.05, 0) is 65.4 Å². The second kappa shape index (κ2) is 10.3. The van der Waals surface area contributed by atoms with Gasteiger partial charge in [0.1, 0.15) is 0 Å². The van der Waals surface area contributed by atoms with Crippen molar-refractivity contribution in [3.8, 4) is 0 Å². The van der Waals surface area contributed by atoms with Crippen LogP contribution in [0.25, 0.3) is 0 Å². The summed E-state index contributed by atoms with van der Waals surface area (Å²) in [7, 11) is 0. The molecule has 0 aromatic heterocycles. The van der Waals surface area contributed by atoms with Gasteiger partial charge in [-0.1, -0.05) is 97.9 Å². The molecule has 1 unspecified atom stereocenters. The van der Waals surface area contributed by atoms with Crippen molar-refractivity contribution in [2.75, 3.05) is 13.2 Å². The number of allylic oxidation sites excluding steroid dienone is 2. The van der Waals surface area contributed by atoms with Crippen LogP contribution in [0, 0.1) is 21.7 Å². The van der Waals surface area contributed by atoms with Gasteiger partial charge in [-0.25, -0.2) is 0 Å². The second-order valence-corrected chi connectivity index (χ2v) is 11.6. The fourth-order valence-electron chi connectivity index (χ4n) is 3.92. The second-order valence-electron chi connectivity index (χ2n) is 11.6. The highest BCUT2D eigenvalue weighted by molar-refractivity contribution is 5.22. The summed E-state index contributed by atoms with van der Waals surface area (Å²) in [6, 6.07) is 10.9. The molecule has 0 heterocycles. The van der Waals surface area contributed by atoms with Crippen LogP contribution in [0.2, 0.25) is 0 Å². The Morgan fingerprint density at radius 3 is 1.93 bits per heavy atom. The van der Waals surface area contributed by atoms with Crippen LogP contribution in [-0.2, 0) is 0 Å². The molecule has 0 aliphatic carbocycles. The van der Waals surface area contributed by atoms with Gasteiger partial charge in [-0.3, -0.25) is 0 Å². The molecule has 29 heavy (non-hydrogen) atoms. The van der Waals surface area contributed by atoms with Crippen LogP contribution in [0.15, 0.2) is 42.5 Å². The van der Waals surface area contributed by atoms with Gasteiger partial charge in [0.05, 0.1) is 0 Å². The van der Waals surface area contributed by atoms with Crippen LogP contribution in [0.1, 0.15) is 92.6 Å². The van der Waals surface area contributed by atoms with Crippen LogP contribution in [-0.4, -0.2) is 18.3 Å². The number of benzene rings is 1. The summed E-state index contributed by atoms with van der Waals surface area (Å²) in [5, 5.41) is 9.67. The highest BCUT2D eigenvalue weighted by Crippen LogP contribution is 2.52. The van der Waals surface area contributed by atoms with Gasteiger partial charge in [0.2, 0.25) is 0 Å². The van der Waals surface area contributed by atoms with Gasteiger partial charge in [0.15, 0.2) is 0 Å². The molecule has 1 rings (SSSR count). The fraction of sp³-hybridized carbons (Fsp3) is 0.704. The molecule has 1 aromatic carbocycles. The SMILES string of the molecule is CC(C)(CN)C/C=C/CC(C)(C)C(C)(C)CC(c1ccccc1)C(C)(C)CCO. The number of hydrogen-bond donors (Lipinski definition) is 2. The molecule has 0 radical (unpaired) electrons. The van der Waals surface area contributed by atoms with Crippen molar-refractivity contribution < 1.29 is 5.11 Å². The normalized spacial score (nSPS) is 15.1. The lowest BCUT2D eigenvalue weighted by Gasteiger charge is -2.47. The van der Waals surface area contributed by atoms with E-state index in [4.69, 9.17) is 5.73 Å². The summed E-state index contributed by atoms with van der Waals surface area (Å²) in [4.78, 5) is 0. The molecule has 0 bridgehead atoms. The Balaban J connectivity index is 3.02. The third kappa shape index (κ3) is 7.57. The van der Waals surface area contributed by atoms with Crippen LogP contribution >= 0.6 is 0 Å². The Kier molecular flexibility index (Phi) is 9.17. The summed E-state index contributed by atoms with van der Waals surface area (Å²) >= 11 is 0. The summed E-state index contributed by atoms with van der Waals surface area (Å²) in [6.07, 6.45) is 8.67. The molecule has 0 aliphatic heterocycles. The van der Waals surface area contributed by atoms with Crippen LogP contribution in [0.3, 0.4) is 0 Å². The summed E-state index contributed by atoms with van der Waals surface area (Å²) in [6.45, 7) is 19.6. The van der Waals surface area contributed by atoms with Gasteiger partial charge in [-0.2, -0.15) is 0 Å². The van der Waals surface area contributed by atoms with Crippen molar-refractivity contribution in [3.05, 3.63) is 48.0 Å². The monoisotopic (exact) mass is 401 g/mol. The predicted octanol–water partition coefficient (Wildman–Crippen LogP) is 6.94. The van der Waals surface area contributed by atoms with E-state index in [1.807, 2.05) is 0 Å². The van der Waals surface area contributed by atoms with Gasteiger partial charge in [0.25, 0.3) is 0 Å². The summed E-state index contributed by atoms with van der Waals surface area (Å²) < 4.78 is 0. The van der Waals surface area contributed by atoms with E-state index < -0.39 is 0 Å². The van der Waals surface area contributed by atoms with E-state index in [1.54, 1.807) is 0 Å². The van der Waals surface area contributed by atoms with Crippen molar-refractivity contribution in [1.29, 1.82) is 0 Å². The van der Waals surface area contributed by atoms with Crippen molar-refractivity contribution in [3.63, 3.8) is 0 Å². The van der Waals surface area contributed by atoms with E-state index in [-0.39, 0.29) is 28.3 Å². The third-order valence-corrected chi connectivity index (χ3v) is 7.47. The molecule has 2 nitrogen and oxygen atoms in total. The zero-order chi connectivity index (χ0) is 22.3. The molecular weight excluding hydrogens is 354 g/mol. The summed E-state index contributed by atoms with van der Waals surface area (Å²) in [5.41, 5.74) is 7.78. The van der Waals surface area contributed by atoms with Gasteiger partial charge >= 0.3 is 0 Å². The lowest BCUT2D eigenvalue weighted by molar-refractivity contribution is 0.0620. The minimum atomic E-state index is 0.0461. The molecule has 166 valence electrons. The first kappa shape index (κ1) is 25.9. The third-order valence-electron chi connectivity index (χ3n) is 7.47. The fourth-order valence-corrected chi connectivity index (χ4v) is 3.92. The van der Waals surface area contributed by atoms with E-state index in [2.05, 4.69) is 97.9 Å². The largest absolute Gasteiger partial charge is 0.396 e. The molecule has 0 fully saturated rings. The van der Waals surface area contributed by atoms with E-state index in [0.717, 1.165) is 25.7 Å². The topological polar surface area (TPSA) is 46.2 Å². The minimum Gasteiger partial charge on any atom is -0.396 e. The maximum absolute atomic E-state index is 9.67. The highest BCUT2D eigenvalue weighted by atomic mass is 16.3. The van der Waals surface area contributed by atoms with Crippen LogP contribution in [0.4, 0.5) is 0 Å². The number of aliphatic hydroxyl groups excluding tert-OH is 1. The quantitative estimate of drug-likeness (QED) is 0.372. The maximum Gasteiger partial charge on any atom is 0.0436 e. The maximum atomic E-state index is 9.67. The molecule has 0 aliphatic rings. The zero-order valence-electron chi connectivity index (χ0n) is 20.4. The average Bonchev–Trinajstić information content (AvgIpc) is 2.64. The van der Waals surface area contributed by atoms with Gasteiger partial charge < -0.3 is 10.8 Å². The van der Waals surface area contributed by atoms with Crippen molar-refractivity contribution in [2.45, 2.75) is 87.0 Å². The Morgan fingerprint density at radius 1 is 0.862 bits per heavy atom. The first-order valence-corrected chi connectivity index (χ1v) is 11.3. The number of rotatable bonds is 12. The van der Waals surface area contributed by atoms with Crippen LogP contribution < -0.4 is 5.73 Å². The van der Waals surface area contributed by atoms with Crippen molar-refractivity contribution in [2.24, 2.45) is 27.4 Å². The van der Waals surface area contributed by atoms with Gasteiger partial charge in [-0.15, -0.1) is 0 Å². The minimum absolute atomic E-state index is 0.0461. The molecule has 0 saturated carbocycles. The number of nitrogens with two attached hydrogens (primary N) is 1. The molecule has 1 aromatic rings. The Morgan fingerprint density at radius 2 is 1.41 bits per heavy atom. The van der Waals surface area contributed by atoms with Gasteiger partial charge in [0, 0.05) is 6.61 Å². The number of hydrogen-bond acceptors (Lipinski definition) is 2. The first-order chi connectivity index (χ1) is 13.3. The molecule has 2 heteroatoms. The van der Waals surface area contributed by atoms with Crippen molar-refractivity contribution in [1.82, 2.24) is 0 Å². The molecule has 0 amide bonds. The molecule has 3 N–H and O–H groups in total. The smallest absolute Gasteiger partial charge is 0.0436 e. The Hall–Kier alpha value is -1.12. The lowest BCUT2D eigenvalue weighted by atomic mass is 9.58. The van der Waals surface area contributed by atoms with E-state index in [1.165, 1.54) is 5.56 Å². The molecule has 0 saturated heterocycles. The molecule has 1 atom stereocenters. The predicted molar refractivity (Wildman–Crippen MR) is 128 cm³/mol.